The van der Waals surface area contributed by atoms with Gasteiger partial charge in [-0.05, 0) is 18.2 Å². The molecule has 0 saturated carbocycles. The molecule has 0 atom stereocenters. The standard InChI is InChI=1S/C15H16FN3O/c1-18(8-6-16)11-5-7-19-14-4-3-12(20-2)10-13(14)17-15(19)9-11/h3-5,7,9-10H,6,8H2,1-2H3. The van der Waals surface area contributed by atoms with E-state index in [4.69, 9.17) is 4.74 Å². The van der Waals surface area contributed by atoms with Crippen molar-refractivity contribution in [3.63, 3.8) is 0 Å². The van der Waals surface area contributed by atoms with Gasteiger partial charge in [-0.1, -0.05) is 0 Å². The minimum atomic E-state index is -0.366. The molecule has 0 spiro atoms. The smallest absolute Gasteiger partial charge is 0.139 e. The predicted octanol–water partition coefficient (Wildman–Crippen LogP) is 2.90. The van der Waals surface area contributed by atoms with Crippen LogP contribution in [0.4, 0.5) is 10.1 Å². The first-order chi connectivity index (χ1) is 9.72. The Morgan fingerprint density at radius 1 is 1.30 bits per heavy atom. The van der Waals surface area contributed by atoms with Gasteiger partial charge in [0.1, 0.15) is 18.1 Å². The lowest BCUT2D eigenvalue weighted by molar-refractivity contribution is 0.415. The number of ether oxygens (including phenoxy) is 1. The lowest BCUT2D eigenvalue weighted by Crippen LogP contribution is -2.19. The summed E-state index contributed by atoms with van der Waals surface area (Å²) in [5.41, 5.74) is 3.71. The van der Waals surface area contributed by atoms with Crippen LogP contribution < -0.4 is 9.64 Å². The van der Waals surface area contributed by atoms with E-state index in [1.54, 1.807) is 7.11 Å². The molecular formula is C15H16FN3O. The van der Waals surface area contributed by atoms with Crippen molar-refractivity contribution >= 4 is 22.4 Å². The molecule has 0 saturated heterocycles. The molecule has 0 bridgehead atoms. The van der Waals surface area contributed by atoms with Crippen LogP contribution in [0.5, 0.6) is 5.75 Å². The number of hydrogen-bond acceptors (Lipinski definition) is 3. The zero-order chi connectivity index (χ0) is 14.1. The predicted molar refractivity (Wildman–Crippen MR) is 78.5 cm³/mol. The van der Waals surface area contributed by atoms with Gasteiger partial charge in [0.25, 0.3) is 0 Å². The molecule has 3 aromatic rings. The number of fused-ring (bicyclic) bond motifs is 3. The Morgan fingerprint density at radius 3 is 2.90 bits per heavy atom. The Labute approximate surface area is 116 Å². The SMILES string of the molecule is COc1ccc2c(c1)nc1cc(N(C)CCF)ccn12. The van der Waals surface area contributed by atoms with E-state index in [0.717, 1.165) is 28.1 Å². The van der Waals surface area contributed by atoms with Gasteiger partial charge in [-0.3, -0.25) is 4.40 Å². The first-order valence-corrected chi connectivity index (χ1v) is 6.46. The normalized spacial score (nSPS) is 11.2. The Balaban J connectivity index is 2.12. The van der Waals surface area contributed by atoms with Crippen molar-refractivity contribution in [1.82, 2.24) is 9.38 Å². The van der Waals surface area contributed by atoms with Gasteiger partial charge >= 0.3 is 0 Å². The number of alkyl halides is 1. The van der Waals surface area contributed by atoms with E-state index >= 15 is 0 Å². The molecule has 0 amide bonds. The second-order valence-corrected chi connectivity index (χ2v) is 4.69. The minimum Gasteiger partial charge on any atom is -0.497 e. The zero-order valence-electron chi connectivity index (χ0n) is 11.5. The van der Waals surface area contributed by atoms with E-state index in [1.165, 1.54) is 0 Å². The topological polar surface area (TPSA) is 29.8 Å². The summed E-state index contributed by atoms with van der Waals surface area (Å²) in [6.45, 7) is 0.0134. The third-order valence-corrected chi connectivity index (χ3v) is 3.46. The Bertz CT molecular complexity index is 753. The van der Waals surface area contributed by atoms with E-state index in [0.29, 0.717) is 6.54 Å². The summed E-state index contributed by atoms with van der Waals surface area (Å²) in [5, 5.41) is 0. The summed E-state index contributed by atoms with van der Waals surface area (Å²) in [7, 11) is 3.51. The van der Waals surface area contributed by atoms with Gasteiger partial charge in [-0.25, -0.2) is 9.37 Å². The highest BCUT2D eigenvalue weighted by molar-refractivity contribution is 5.82. The van der Waals surface area contributed by atoms with Gasteiger partial charge in [0.2, 0.25) is 0 Å². The molecule has 20 heavy (non-hydrogen) atoms. The molecule has 0 aliphatic carbocycles. The Morgan fingerprint density at radius 2 is 2.15 bits per heavy atom. The number of rotatable bonds is 4. The monoisotopic (exact) mass is 273 g/mol. The van der Waals surface area contributed by atoms with Crippen LogP contribution in [0, 0.1) is 0 Å². The second-order valence-electron chi connectivity index (χ2n) is 4.69. The van der Waals surface area contributed by atoms with Crippen LogP contribution in [0.1, 0.15) is 0 Å². The highest BCUT2D eigenvalue weighted by Gasteiger charge is 2.08. The van der Waals surface area contributed by atoms with Gasteiger partial charge in [0.15, 0.2) is 0 Å². The molecule has 4 nitrogen and oxygen atoms in total. The first kappa shape index (κ1) is 12.7. The maximum atomic E-state index is 12.4. The molecule has 104 valence electrons. The molecule has 0 aliphatic rings. The fourth-order valence-electron chi connectivity index (χ4n) is 2.31. The molecule has 0 aliphatic heterocycles. The van der Waals surface area contributed by atoms with Crippen LogP contribution in [0.15, 0.2) is 36.5 Å². The third kappa shape index (κ3) is 2.05. The van der Waals surface area contributed by atoms with Crippen molar-refractivity contribution in [2.24, 2.45) is 0 Å². The second kappa shape index (κ2) is 5.00. The lowest BCUT2D eigenvalue weighted by Gasteiger charge is -2.17. The molecule has 2 heterocycles. The molecule has 5 heteroatoms. The van der Waals surface area contributed by atoms with Crippen LogP contribution >= 0.6 is 0 Å². The number of nitrogens with zero attached hydrogens (tertiary/aromatic N) is 3. The zero-order valence-corrected chi connectivity index (χ0v) is 11.5. The van der Waals surface area contributed by atoms with Gasteiger partial charge in [0.05, 0.1) is 18.1 Å². The number of imidazole rings is 1. The van der Waals surface area contributed by atoms with Gasteiger partial charge < -0.3 is 9.64 Å². The van der Waals surface area contributed by atoms with Gasteiger partial charge in [-0.2, -0.15) is 0 Å². The maximum absolute atomic E-state index is 12.4. The minimum absolute atomic E-state index is 0.366. The van der Waals surface area contributed by atoms with Crippen molar-refractivity contribution in [3.05, 3.63) is 36.5 Å². The van der Waals surface area contributed by atoms with Crippen LogP contribution in [0.2, 0.25) is 0 Å². The van der Waals surface area contributed by atoms with E-state index in [9.17, 15) is 4.39 Å². The largest absolute Gasteiger partial charge is 0.497 e. The average molecular weight is 273 g/mol. The summed E-state index contributed by atoms with van der Waals surface area (Å²) in [5.74, 6) is 0.788. The summed E-state index contributed by atoms with van der Waals surface area (Å²) in [6, 6.07) is 9.74. The van der Waals surface area contributed by atoms with E-state index in [-0.39, 0.29) is 6.67 Å². The number of aromatic nitrogens is 2. The number of methoxy groups -OCH3 is 1. The molecule has 3 rings (SSSR count). The van der Waals surface area contributed by atoms with Crippen molar-refractivity contribution in [2.45, 2.75) is 0 Å². The number of pyridine rings is 1. The number of halogens is 1. The highest BCUT2D eigenvalue weighted by atomic mass is 19.1. The van der Waals surface area contributed by atoms with Crippen molar-refractivity contribution < 1.29 is 9.13 Å². The fraction of sp³-hybridized carbons (Fsp3) is 0.267. The summed E-state index contributed by atoms with van der Waals surface area (Å²) in [6.07, 6.45) is 1.96. The molecule has 0 fully saturated rings. The van der Waals surface area contributed by atoms with Crippen molar-refractivity contribution in [3.8, 4) is 5.75 Å². The maximum Gasteiger partial charge on any atom is 0.139 e. The van der Waals surface area contributed by atoms with E-state index in [1.807, 2.05) is 52.9 Å². The molecule has 0 radical (unpaired) electrons. The van der Waals surface area contributed by atoms with Crippen LogP contribution in [0.25, 0.3) is 16.7 Å². The van der Waals surface area contributed by atoms with Crippen LogP contribution in [-0.2, 0) is 0 Å². The third-order valence-electron chi connectivity index (χ3n) is 3.46. The van der Waals surface area contributed by atoms with Gasteiger partial charge in [0, 0.05) is 37.6 Å². The molecule has 2 aromatic heterocycles. The Kier molecular flexibility index (Phi) is 3.18. The molecule has 0 N–H and O–H groups in total. The number of anilines is 1. The summed E-state index contributed by atoms with van der Waals surface area (Å²) in [4.78, 5) is 6.46. The summed E-state index contributed by atoms with van der Waals surface area (Å²) < 4.78 is 19.6. The van der Waals surface area contributed by atoms with Crippen molar-refractivity contribution in [2.75, 3.05) is 32.3 Å². The molecular weight excluding hydrogens is 257 g/mol. The van der Waals surface area contributed by atoms with Crippen LogP contribution in [0.3, 0.4) is 0 Å². The Hall–Kier alpha value is -2.30. The average Bonchev–Trinajstić information content (AvgIpc) is 2.83. The molecule has 1 aromatic carbocycles. The highest BCUT2D eigenvalue weighted by Crippen LogP contribution is 2.24. The fourth-order valence-corrected chi connectivity index (χ4v) is 2.31. The summed E-state index contributed by atoms with van der Waals surface area (Å²) >= 11 is 0. The first-order valence-electron chi connectivity index (χ1n) is 6.46. The van der Waals surface area contributed by atoms with Crippen molar-refractivity contribution in [1.29, 1.82) is 0 Å². The van der Waals surface area contributed by atoms with Crippen LogP contribution in [-0.4, -0.2) is 36.8 Å². The lowest BCUT2D eigenvalue weighted by atomic mass is 10.3. The number of hydrogen-bond donors (Lipinski definition) is 0. The number of benzene rings is 1. The van der Waals surface area contributed by atoms with E-state index in [2.05, 4.69) is 4.98 Å². The quantitative estimate of drug-likeness (QED) is 0.732. The van der Waals surface area contributed by atoms with E-state index < -0.39 is 0 Å². The molecule has 0 unspecified atom stereocenters. The van der Waals surface area contributed by atoms with Gasteiger partial charge in [-0.15, -0.1) is 0 Å².